The van der Waals surface area contributed by atoms with Gasteiger partial charge >= 0.3 is 5.97 Å². The van der Waals surface area contributed by atoms with E-state index in [4.69, 9.17) is 4.74 Å². The number of benzene rings is 3. The predicted molar refractivity (Wildman–Crippen MR) is 97.3 cm³/mol. The molecule has 5 heteroatoms. The monoisotopic (exact) mass is 351 g/mol. The van der Waals surface area contributed by atoms with Gasteiger partial charge in [-0.1, -0.05) is 48.5 Å². The lowest BCUT2D eigenvalue weighted by atomic mass is 10.0. The van der Waals surface area contributed by atoms with Crippen molar-refractivity contribution in [1.29, 1.82) is 0 Å². The number of halogens is 1. The molecule has 1 N–H and O–H groups in total. The Kier molecular flexibility index (Phi) is 5.27. The Labute approximate surface area is 150 Å². The minimum atomic E-state index is -0.864. The first-order valence-corrected chi connectivity index (χ1v) is 8.19. The molecule has 1 amide bonds. The number of hydrogen-bond donors (Lipinski definition) is 1. The summed E-state index contributed by atoms with van der Waals surface area (Å²) in [5, 5.41) is 4.47. The van der Waals surface area contributed by atoms with E-state index in [1.165, 1.54) is 19.2 Å². The van der Waals surface area contributed by atoms with Gasteiger partial charge in [0.25, 0.3) is 5.91 Å². The van der Waals surface area contributed by atoms with Crippen LogP contribution in [-0.4, -0.2) is 25.0 Å². The Morgan fingerprint density at radius 3 is 2.42 bits per heavy atom. The number of carbonyl (C=O) groups excluding carboxylic acids is 2. The zero-order valence-corrected chi connectivity index (χ0v) is 14.2. The minimum absolute atomic E-state index is 0.212. The molecule has 0 spiro atoms. The summed E-state index contributed by atoms with van der Waals surface area (Å²) in [6.07, 6.45) is 0.212. The van der Waals surface area contributed by atoms with Gasteiger partial charge in [-0.25, -0.2) is 9.18 Å². The molecule has 132 valence electrons. The summed E-state index contributed by atoms with van der Waals surface area (Å²) < 4.78 is 17.9. The second-order valence-electron chi connectivity index (χ2n) is 5.91. The van der Waals surface area contributed by atoms with Gasteiger partial charge in [-0.2, -0.15) is 0 Å². The van der Waals surface area contributed by atoms with E-state index >= 15 is 0 Å². The van der Waals surface area contributed by atoms with E-state index in [-0.39, 0.29) is 18.1 Å². The normalized spacial score (nSPS) is 11.8. The molecule has 0 bridgehead atoms. The van der Waals surface area contributed by atoms with Gasteiger partial charge in [-0.05, 0) is 34.5 Å². The first kappa shape index (κ1) is 17.6. The van der Waals surface area contributed by atoms with Crippen molar-refractivity contribution in [2.45, 2.75) is 12.5 Å². The molecule has 3 aromatic carbocycles. The number of rotatable bonds is 5. The van der Waals surface area contributed by atoms with E-state index < -0.39 is 12.0 Å². The van der Waals surface area contributed by atoms with Gasteiger partial charge in [0.15, 0.2) is 0 Å². The molecule has 0 aliphatic heterocycles. The van der Waals surface area contributed by atoms with Crippen molar-refractivity contribution < 1.29 is 18.7 Å². The number of carbonyl (C=O) groups is 2. The van der Waals surface area contributed by atoms with Crippen molar-refractivity contribution in [1.82, 2.24) is 5.32 Å². The second kappa shape index (κ2) is 7.78. The highest BCUT2D eigenvalue weighted by atomic mass is 19.1. The van der Waals surface area contributed by atoms with Gasteiger partial charge in [-0.15, -0.1) is 0 Å². The minimum Gasteiger partial charge on any atom is -0.467 e. The first-order chi connectivity index (χ1) is 12.6. The Balaban J connectivity index is 1.85. The van der Waals surface area contributed by atoms with Crippen LogP contribution in [-0.2, 0) is 16.0 Å². The van der Waals surface area contributed by atoms with Crippen LogP contribution in [0.15, 0.2) is 66.7 Å². The molecule has 1 atom stereocenters. The van der Waals surface area contributed by atoms with Crippen LogP contribution < -0.4 is 5.32 Å². The molecule has 0 radical (unpaired) electrons. The Hall–Kier alpha value is -3.21. The molecule has 0 heterocycles. The maximum Gasteiger partial charge on any atom is 0.328 e. The highest BCUT2D eigenvalue weighted by molar-refractivity contribution is 6.08. The lowest BCUT2D eigenvalue weighted by Crippen LogP contribution is -2.43. The second-order valence-corrected chi connectivity index (χ2v) is 5.91. The molecule has 0 aromatic heterocycles. The number of nitrogens with one attached hydrogen (secondary N) is 1. The molecule has 0 saturated heterocycles. The first-order valence-electron chi connectivity index (χ1n) is 8.19. The Morgan fingerprint density at radius 1 is 1.00 bits per heavy atom. The van der Waals surface area contributed by atoms with Crippen molar-refractivity contribution in [3.8, 4) is 0 Å². The summed E-state index contributed by atoms with van der Waals surface area (Å²) in [5.74, 6) is -1.27. The third kappa shape index (κ3) is 3.88. The Morgan fingerprint density at radius 2 is 1.69 bits per heavy atom. The summed E-state index contributed by atoms with van der Waals surface area (Å²) in [5.41, 5.74) is 1.20. The number of esters is 1. The highest BCUT2D eigenvalue weighted by Crippen LogP contribution is 2.19. The summed E-state index contributed by atoms with van der Waals surface area (Å²) in [6, 6.07) is 17.9. The van der Waals surface area contributed by atoms with Crippen molar-refractivity contribution in [2.75, 3.05) is 7.11 Å². The third-order valence-electron chi connectivity index (χ3n) is 4.18. The maximum absolute atomic E-state index is 13.1. The fourth-order valence-electron chi connectivity index (χ4n) is 2.85. The van der Waals surface area contributed by atoms with Crippen molar-refractivity contribution in [3.05, 3.63) is 83.7 Å². The zero-order chi connectivity index (χ0) is 18.5. The van der Waals surface area contributed by atoms with Crippen molar-refractivity contribution in [3.63, 3.8) is 0 Å². The van der Waals surface area contributed by atoms with E-state index in [1.54, 1.807) is 24.3 Å². The van der Waals surface area contributed by atoms with E-state index in [9.17, 15) is 14.0 Å². The van der Waals surface area contributed by atoms with Gasteiger partial charge < -0.3 is 10.1 Å². The molecule has 3 aromatic rings. The number of hydrogen-bond acceptors (Lipinski definition) is 3. The van der Waals surface area contributed by atoms with Gasteiger partial charge in [-0.3, -0.25) is 4.79 Å². The quantitative estimate of drug-likeness (QED) is 0.716. The summed E-state index contributed by atoms with van der Waals surface area (Å²) in [7, 11) is 1.27. The molecule has 0 aliphatic rings. The number of amides is 1. The van der Waals surface area contributed by atoms with E-state index in [2.05, 4.69) is 5.32 Å². The van der Waals surface area contributed by atoms with E-state index in [0.717, 1.165) is 16.3 Å². The van der Waals surface area contributed by atoms with Gasteiger partial charge in [0.2, 0.25) is 0 Å². The molecule has 0 fully saturated rings. The Bertz CT molecular complexity index is 932. The number of fused-ring (bicyclic) bond motifs is 1. The molecule has 3 rings (SSSR count). The van der Waals surface area contributed by atoms with Crippen LogP contribution in [0.5, 0.6) is 0 Å². The SMILES string of the molecule is COC(=O)[C@@H](Cc1ccc(F)cc1)NC(=O)c1cccc2ccccc12. The maximum atomic E-state index is 13.1. The van der Waals surface area contributed by atoms with Crippen LogP contribution in [0.3, 0.4) is 0 Å². The molecule has 0 aliphatic carbocycles. The molecule has 26 heavy (non-hydrogen) atoms. The standard InChI is InChI=1S/C21H18FNO3/c1-26-21(25)19(13-14-9-11-16(22)12-10-14)23-20(24)18-8-4-6-15-5-2-3-7-17(15)18/h2-12,19H,13H2,1H3,(H,23,24)/t19-/m1/s1. The van der Waals surface area contributed by atoms with Crippen LogP contribution in [0.25, 0.3) is 10.8 Å². The average molecular weight is 351 g/mol. The molecular weight excluding hydrogens is 333 g/mol. The van der Waals surface area contributed by atoms with Crippen LogP contribution in [0.1, 0.15) is 15.9 Å². The summed E-state index contributed by atoms with van der Waals surface area (Å²) in [4.78, 5) is 24.9. The molecule has 0 unspecified atom stereocenters. The molecular formula is C21H18FNO3. The number of ether oxygens (including phenoxy) is 1. The fraction of sp³-hybridized carbons (Fsp3) is 0.143. The third-order valence-corrected chi connectivity index (χ3v) is 4.18. The van der Waals surface area contributed by atoms with Crippen LogP contribution in [0.2, 0.25) is 0 Å². The van der Waals surface area contributed by atoms with Gasteiger partial charge in [0.05, 0.1) is 7.11 Å². The smallest absolute Gasteiger partial charge is 0.328 e. The van der Waals surface area contributed by atoms with Crippen LogP contribution in [0.4, 0.5) is 4.39 Å². The van der Waals surface area contributed by atoms with Crippen LogP contribution in [0, 0.1) is 5.82 Å². The lowest BCUT2D eigenvalue weighted by molar-refractivity contribution is -0.142. The predicted octanol–water partition coefficient (Wildman–Crippen LogP) is 3.49. The lowest BCUT2D eigenvalue weighted by Gasteiger charge is -2.17. The number of methoxy groups -OCH3 is 1. The fourth-order valence-corrected chi connectivity index (χ4v) is 2.85. The van der Waals surface area contributed by atoms with Gasteiger partial charge in [0.1, 0.15) is 11.9 Å². The van der Waals surface area contributed by atoms with Crippen molar-refractivity contribution in [2.24, 2.45) is 0 Å². The van der Waals surface area contributed by atoms with Crippen LogP contribution >= 0.6 is 0 Å². The molecule has 0 saturated carbocycles. The largest absolute Gasteiger partial charge is 0.467 e. The summed E-state index contributed by atoms with van der Waals surface area (Å²) in [6.45, 7) is 0. The zero-order valence-electron chi connectivity index (χ0n) is 14.2. The van der Waals surface area contributed by atoms with Crippen molar-refractivity contribution >= 4 is 22.6 Å². The van der Waals surface area contributed by atoms with Gasteiger partial charge in [0, 0.05) is 12.0 Å². The topological polar surface area (TPSA) is 55.4 Å². The van der Waals surface area contributed by atoms with E-state index in [0.29, 0.717) is 5.56 Å². The molecule has 4 nitrogen and oxygen atoms in total. The average Bonchev–Trinajstić information content (AvgIpc) is 2.68. The van der Waals surface area contributed by atoms with E-state index in [1.807, 2.05) is 30.3 Å². The highest BCUT2D eigenvalue weighted by Gasteiger charge is 2.23. The summed E-state index contributed by atoms with van der Waals surface area (Å²) >= 11 is 0.